The molecule has 2 aromatic carbocycles. The van der Waals surface area contributed by atoms with E-state index in [2.05, 4.69) is 4.98 Å². The van der Waals surface area contributed by atoms with Crippen molar-refractivity contribution in [2.45, 2.75) is 13.0 Å². The smallest absolute Gasteiger partial charge is 0.262 e. The van der Waals surface area contributed by atoms with Crippen LogP contribution in [-0.2, 0) is 13.0 Å². The summed E-state index contributed by atoms with van der Waals surface area (Å²) in [7, 11) is 3.19. The minimum atomic E-state index is -0.126. The number of hydrogen-bond acceptors (Lipinski definition) is 5. The molecule has 0 atom stereocenters. The molecule has 0 radical (unpaired) electrons. The Bertz CT molecular complexity index is 934. The highest BCUT2D eigenvalue weighted by Crippen LogP contribution is 2.27. The highest BCUT2D eigenvalue weighted by molar-refractivity contribution is 5.78. The minimum Gasteiger partial charge on any atom is -0.493 e. The van der Waals surface area contributed by atoms with Gasteiger partial charge in [0.15, 0.2) is 11.5 Å². The van der Waals surface area contributed by atoms with Crippen LogP contribution >= 0.6 is 0 Å². The molecule has 2 N–H and O–H groups in total. The average molecular weight is 325 g/mol. The zero-order chi connectivity index (χ0) is 17.1. The van der Waals surface area contributed by atoms with E-state index in [1.165, 1.54) is 4.57 Å². The van der Waals surface area contributed by atoms with E-state index < -0.39 is 0 Å². The number of para-hydroxylation sites is 1. The Balaban J connectivity index is 1.90. The lowest BCUT2D eigenvalue weighted by molar-refractivity contribution is 0.354. The predicted octanol–water partition coefficient (Wildman–Crippen LogP) is 2.24. The number of nitrogens with zero attached hydrogens (tertiary/aromatic N) is 2. The Morgan fingerprint density at radius 2 is 1.83 bits per heavy atom. The highest BCUT2D eigenvalue weighted by Gasteiger charge is 2.09. The van der Waals surface area contributed by atoms with Crippen LogP contribution < -0.4 is 20.8 Å². The van der Waals surface area contributed by atoms with Gasteiger partial charge in [0.05, 0.1) is 25.1 Å². The van der Waals surface area contributed by atoms with E-state index in [1.807, 2.05) is 30.3 Å². The van der Waals surface area contributed by atoms with Crippen molar-refractivity contribution in [3.63, 3.8) is 0 Å². The van der Waals surface area contributed by atoms with Gasteiger partial charge in [-0.15, -0.1) is 0 Å². The number of benzene rings is 2. The summed E-state index contributed by atoms with van der Waals surface area (Å²) in [5.74, 6) is 1.55. The van der Waals surface area contributed by atoms with E-state index in [9.17, 15) is 4.79 Å². The maximum Gasteiger partial charge on any atom is 0.262 e. The first-order valence-electron chi connectivity index (χ1n) is 7.60. The van der Waals surface area contributed by atoms with Gasteiger partial charge in [0.2, 0.25) is 5.95 Å². The molecule has 3 rings (SSSR count). The van der Waals surface area contributed by atoms with Crippen LogP contribution in [0.15, 0.2) is 47.3 Å². The first-order chi connectivity index (χ1) is 11.6. The van der Waals surface area contributed by atoms with E-state index in [0.29, 0.717) is 35.4 Å². The normalized spacial score (nSPS) is 10.8. The molecule has 24 heavy (non-hydrogen) atoms. The van der Waals surface area contributed by atoms with E-state index in [4.69, 9.17) is 15.2 Å². The Morgan fingerprint density at radius 3 is 2.58 bits per heavy atom. The van der Waals surface area contributed by atoms with Gasteiger partial charge in [0.1, 0.15) is 0 Å². The first-order valence-corrected chi connectivity index (χ1v) is 7.60. The summed E-state index contributed by atoms with van der Waals surface area (Å²) in [5.41, 5.74) is 7.47. The fraction of sp³-hybridized carbons (Fsp3) is 0.222. The first kappa shape index (κ1) is 15.9. The van der Waals surface area contributed by atoms with Crippen molar-refractivity contribution in [3.05, 3.63) is 58.4 Å². The number of rotatable bonds is 5. The summed E-state index contributed by atoms with van der Waals surface area (Å²) < 4.78 is 12.0. The fourth-order valence-corrected chi connectivity index (χ4v) is 2.68. The van der Waals surface area contributed by atoms with E-state index in [1.54, 1.807) is 26.4 Å². The van der Waals surface area contributed by atoms with Crippen molar-refractivity contribution in [2.24, 2.45) is 0 Å². The van der Waals surface area contributed by atoms with Gasteiger partial charge in [-0.1, -0.05) is 18.2 Å². The Labute approximate surface area is 139 Å². The number of aromatic nitrogens is 2. The number of fused-ring (bicyclic) bond motifs is 1. The number of nitrogens with two attached hydrogens (primary N) is 1. The van der Waals surface area contributed by atoms with Crippen LogP contribution in [0.25, 0.3) is 10.9 Å². The molecule has 0 aliphatic rings. The maximum atomic E-state index is 12.6. The number of ether oxygens (including phenoxy) is 2. The molecule has 6 nitrogen and oxygen atoms in total. The molecule has 1 heterocycles. The van der Waals surface area contributed by atoms with Crippen molar-refractivity contribution >= 4 is 16.9 Å². The molecule has 0 unspecified atom stereocenters. The quantitative estimate of drug-likeness (QED) is 0.778. The third kappa shape index (κ3) is 2.90. The van der Waals surface area contributed by atoms with Gasteiger partial charge in [-0.25, -0.2) is 4.98 Å². The van der Waals surface area contributed by atoms with Gasteiger partial charge in [-0.3, -0.25) is 9.36 Å². The van der Waals surface area contributed by atoms with Crippen molar-refractivity contribution in [1.82, 2.24) is 9.55 Å². The van der Waals surface area contributed by atoms with Crippen molar-refractivity contribution in [1.29, 1.82) is 0 Å². The number of methoxy groups -OCH3 is 2. The molecule has 1 aromatic heterocycles. The van der Waals surface area contributed by atoms with Crippen LogP contribution in [0, 0.1) is 0 Å². The molecule has 3 aromatic rings. The molecule has 0 aliphatic carbocycles. The van der Waals surface area contributed by atoms with Crippen LogP contribution in [0.2, 0.25) is 0 Å². The second-order valence-electron chi connectivity index (χ2n) is 5.38. The van der Waals surface area contributed by atoms with Gasteiger partial charge < -0.3 is 15.2 Å². The third-order valence-electron chi connectivity index (χ3n) is 3.96. The van der Waals surface area contributed by atoms with Crippen LogP contribution in [0.5, 0.6) is 11.5 Å². The highest BCUT2D eigenvalue weighted by atomic mass is 16.5. The van der Waals surface area contributed by atoms with Gasteiger partial charge in [-0.2, -0.15) is 0 Å². The topological polar surface area (TPSA) is 79.4 Å². The molecule has 0 saturated carbocycles. The summed E-state index contributed by atoms with van der Waals surface area (Å²) in [6.45, 7) is 0.442. The van der Waals surface area contributed by atoms with Gasteiger partial charge in [0.25, 0.3) is 5.56 Å². The van der Waals surface area contributed by atoms with Gasteiger partial charge in [-0.05, 0) is 36.2 Å². The van der Waals surface area contributed by atoms with Crippen LogP contribution in [0.3, 0.4) is 0 Å². The average Bonchev–Trinajstić information content (AvgIpc) is 2.61. The lowest BCUT2D eigenvalue weighted by Gasteiger charge is -2.12. The Kier molecular flexibility index (Phi) is 4.37. The molecule has 0 bridgehead atoms. The molecule has 0 aliphatic heterocycles. The fourth-order valence-electron chi connectivity index (χ4n) is 2.68. The van der Waals surface area contributed by atoms with Crippen LogP contribution in [-0.4, -0.2) is 23.8 Å². The molecule has 0 fully saturated rings. The molecule has 0 saturated heterocycles. The Morgan fingerprint density at radius 1 is 1.08 bits per heavy atom. The lowest BCUT2D eigenvalue weighted by atomic mass is 10.1. The van der Waals surface area contributed by atoms with Crippen LogP contribution in [0.4, 0.5) is 5.95 Å². The summed E-state index contributed by atoms with van der Waals surface area (Å²) in [6.07, 6.45) is 0.629. The minimum absolute atomic E-state index is 0.126. The summed E-state index contributed by atoms with van der Waals surface area (Å²) in [5, 5.41) is 0.569. The van der Waals surface area contributed by atoms with Crippen LogP contribution in [0.1, 0.15) is 5.56 Å². The number of aryl methyl sites for hydroxylation is 1. The number of nitrogen functional groups attached to an aromatic ring is 1. The van der Waals surface area contributed by atoms with Gasteiger partial charge in [0, 0.05) is 6.54 Å². The molecular weight excluding hydrogens is 306 g/mol. The third-order valence-corrected chi connectivity index (χ3v) is 3.96. The molecular formula is C18H19N3O3. The number of anilines is 1. The standard InChI is InChI=1S/C18H19N3O3/c1-23-15-8-7-12(11-16(15)24-2)9-10-21-17(22)13-5-3-4-6-14(13)20-18(21)19/h3-8,11H,9-10H2,1-2H3,(H2,19,20). The molecule has 124 valence electrons. The molecule has 6 heteroatoms. The summed E-state index contributed by atoms with van der Waals surface area (Å²) >= 11 is 0. The molecule has 0 amide bonds. The van der Waals surface area contributed by atoms with E-state index >= 15 is 0 Å². The maximum absolute atomic E-state index is 12.6. The van der Waals surface area contributed by atoms with Crippen molar-refractivity contribution < 1.29 is 9.47 Å². The second kappa shape index (κ2) is 6.62. The predicted molar refractivity (Wildman–Crippen MR) is 93.7 cm³/mol. The monoisotopic (exact) mass is 325 g/mol. The Hall–Kier alpha value is -3.02. The van der Waals surface area contributed by atoms with Crippen molar-refractivity contribution in [2.75, 3.05) is 20.0 Å². The largest absolute Gasteiger partial charge is 0.493 e. The molecule has 0 spiro atoms. The zero-order valence-electron chi connectivity index (χ0n) is 13.7. The lowest BCUT2D eigenvalue weighted by Crippen LogP contribution is -2.25. The zero-order valence-corrected chi connectivity index (χ0v) is 13.7. The second-order valence-corrected chi connectivity index (χ2v) is 5.38. The summed E-state index contributed by atoms with van der Waals surface area (Å²) in [6, 6.07) is 12.9. The van der Waals surface area contributed by atoms with Crippen molar-refractivity contribution in [3.8, 4) is 11.5 Å². The SMILES string of the molecule is COc1ccc(CCn2c(N)nc3ccccc3c2=O)cc1OC. The van der Waals surface area contributed by atoms with Gasteiger partial charge >= 0.3 is 0 Å². The number of hydrogen-bond donors (Lipinski definition) is 1. The van der Waals surface area contributed by atoms with E-state index in [0.717, 1.165) is 5.56 Å². The van der Waals surface area contributed by atoms with E-state index in [-0.39, 0.29) is 11.5 Å². The summed E-state index contributed by atoms with van der Waals surface area (Å²) in [4.78, 5) is 16.9.